The van der Waals surface area contributed by atoms with Crippen LogP contribution in [0.5, 0.6) is 5.75 Å². The average molecular weight is 178 g/mol. The molecule has 70 valence electrons. The lowest BCUT2D eigenvalue weighted by molar-refractivity contribution is 0.224. The van der Waals surface area contributed by atoms with Crippen LogP contribution in [0.25, 0.3) is 0 Å². The standard InChI is InChI=1S/C10H14N2O/c1-7-6-12-9-4-2-3-8(5-11)10(9)13-7/h2-4,7,12H,5-6,11H2,1H3. The van der Waals surface area contributed by atoms with Crippen LogP contribution in [0.4, 0.5) is 5.69 Å². The third-order valence-electron chi connectivity index (χ3n) is 2.22. The summed E-state index contributed by atoms with van der Waals surface area (Å²) in [5.41, 5.74) is 7.73. The lowest BCUT2D eigenvalue weighted by atomic mass is 10.1. The van der Waals surface area contributed by atoms with Crippen molar-refractivity contribution in [1.29, 1.82) is 0 Å². The van der Waals surface area contributed by atoms with E-state index >= 15 is 0 Å². The molecule has 0 spiro atoms. The molecule has 1 unspecified atom stereocenters. The zero-order valence-corrected chi connectivity index (χ0v) is 7.71. The van der Waals surface area contributed by atoms with E-state index in [1.807, 2.05) is 25.1 Å². The molecular formula is C10H14N2O. The van der Waals surface area contributed by atoms with Gasteiger partial charge in [0.1, 0.15) is 11.9 Å². The molecule has 0 saturated carbocycles. The van der Waals surface area contributed by atoms with Gasteiger partial charge >= 0.3 is 0 Å². The average Bonchev–Trinajstić information content (AvgIpc) is 2.17. The highest BCUT2D eigenvalue weighted by Crippen LogP contribution is 2.32. The van der Waals surface area contributed by atoms with Gasteiger partial charge in [-0.1, -0.05) is 12.1 Å². The van der Waals surface area contributed by atoms with E-state index in [0.717, 1.165) is 23.5 Å². The van der Waals surface area contributed by atoms with Gasteiger partial charge in [-0.2, -0.15) is 0 Å². The summed E-state index contributed by atoms with van der Waals surface area (Å²) in [5.74, 6) is 0.920. The maximum Gasteiger partial charge on any atom is 0.147 e. The summed E-state index contributed by atoms with van der Waals surface area (Å²) >= 11 is 0. The monoisotopic (exact) mass is 178 g/mol. The second-order valence-electron chi connectivity index (χ2n) is 3.31. The van der Waals surface area contributed by atoms with Crippen LogP contribution in [0.15, 0.2) is 18.2 Å². The molecule has 1 aliphatic rings. The van der Waals surface area contributed by atoms with Crippen LogP contribution in [-0.2, 0) is 6.54 Å². The van der Waals surface area contributed by atoms with E-state index in [4.69, 9.17) is 10.5 Å². The highest BCUT2D eigenvalue weighted by molar-refractivity contribution is 5.61. The van der Waals surface area contributed by atoms with Crippen LogP contribution in [0.2, 0.25) is 0 Å². The van der Waals surface area contributed by atoms with Crippen LogP contribution >= 0.6 is 0 Å². The Kier molecular flexibility index (Phi) is 2.10. The zero-order chi connectivity index (χ0) is 9.26. The molecule has 0 aliphatic carbocycles. The number of nitrogens with two attached hydrogens (primary N) is 1. The Morgan fingerprint density at radius 2 is 2.46 bits per heavy atom. The minimum absolute atomic E-state index is 0.222. The number of hydrogen-bond donors (Lipinski definition) is 2. The lowest BCUT2D eigenvalue weighted by Crippen LogP contribution is -2.28. The molecule has 13 heavy (non-hydrogen) atoms. The third-order valence-corrected chi connectivity index (χ3v) is 2.22. The Morgan fingerprint density at radius 1 is 1.62 bits per heavy atom. The fourth-order valence-electron chi connectivity index (χ4n) is 1.52. The third kappa shape index (κ3) is 1.47. The summed E-state index contributed by atoms with van der Waals surface area (Å²) in [5, 5.41) is 3.31. The molecule has 3 heteroatoms. The number of benzene rings is 1. The maximum atomic E-state index is 5.71. The molecule has 0 saturated heterocycles. The van der Waals surface area contributed by atoms with Crippen LogP contribution < -0.4 is 15.8 Å². The minimum Gasteiger partial charge on any atom is -0.486 e. The molecular weight excluding hydrogens is 164 g/mol. The Hall–Kier alpha value is -1.22. The number of ether oxygens (including phenoxy) is 1. The van der Waals surface area contributed by atoms with Crippen molar-refractivity contribution < 1.29 is 4.74 Å². The van der Waals surface area contributed by atoms with Crippen LogP contribution in [-0.4, -0.2) is 12.6 Å². The Morgan fingerprint density at radius 3 is 3.23 bits per heavy atom. The number of hydrogen-bond acceptors (Lipinski definition) is 3. The van der Waals surface area contributed by atoms with Crippen molar-refractivity contribution in [2.75, 3.05) is 11.9 Å². The highest BCUT2D eigenvalue weighted by Gasteiger charge is 2.17. The van der Waals surface area contributed by atoms with Crippen LogP contribution in [0.3, 0.4) is 0 Å². The molecule has 1 aromatic rings. The van der Waals surface area contributed by atoms with Gasteiger partial charge in [0.2, 0.25) is 0 Å². The van der Waals surface area contributed by atoms with E-state index in [9.17, 15) is 0 Å². The molecule has 0 fully saturated rings. The molecule has 0 amide bonds. The first-order valence-electron chi connectivity index (χ1n) is 4.53. The van der Waals surface area contributed by atoms with E-state index in [-0.39, 0.29) is 6.10 Å². The van der Waals surface area contributed by atoms with Gasteiger partial charge in [0.05, 0.1) is 12.2 Å². The molecule has 0 aromatic heterocycles. The fraction of sp³-hybridized carbons (Fsp3) is 0.400. The predicted molar refractivity (Wildman–Crippen MR) is 52.9 cm³/mol. The molecule has 3 N–H and O–H groups in total. The summed E-state index contributed by atoms with van der Waals surface area (Å²) in [4.78, 5) is 0. The summed E-state index contributed by atoms with van der Waals surface area (Å²) in [7, 11) is 0. The molecule has 2 rings (SSSR count). The second-order valence-corrected chi connectivity index (χ2v) is 3.31. The molecule has 1 heterocycles. The fourth-order valence-corrected chi connectivity index (χ4v) is 1.52. The van der Waals surface area contributed by atoms with Gasteiger partial charge in [-0.05, 0) is 13.0 Å². The van der Waals surface area contributed by atoms with Gasteiger partial charge in [0.25, 0.3) is 0 Å². The Bertz CT molecular complexity index is 298. The van der Waals surface area contributed by atoms with Gasteiger partial charge < -0.3 is 15.8 Å². The molecule has 1 aromatic carbocycles. The number of nitrogens with one attached hydrogen (secondary N) is 1. The summed E-state index contributed by atoms with van der Waals surface area (Å²) in [6, 6.07) is 6.01. The maximum absolute atomic E-state index is 5.71. The van der Waals surface area contributed by atoms with Gasteiger partial charge in [-0.25, -0.2) is 0 Å². The van der Waals surface area contributed by atoms with Crippen molar-refractivity contribution >= 4 is 5.69 Å². The first-order valence-corrected chi connectivity index (χ1v) is 4.53. The van der Waals surface area contributed by atoms with Crippen molar-refractivity contribution in [2.45, 2.75) is 19.6 Å². The molecule has 0 radical (unpaired) electrons. The van der Waals surface area contributed by atoms with E-state index in [1.165, 1.54) is 0 Å². The Labute approximate surface area is 77.9 Å². The summed E-state index contributed by atoms with van der Waals surface area (Å²) < 4.78 is 5.71. The van der Waals surface area contributed by atoms with Gasteiger partial charge in [0.15, 0.2) is 0 Å². The second kappa shape index (κ2) is 3.26. The number of para-hydroxylation sites is 1. The molecule has 1 atom stereocenters. The van der Waals surface area contributed by atoms with Crippen molar-refractivity contribution in [3.8, 4) is 5.75 Å². The van der Waals surface area contributed by atoms with Crippen molar-refractivity contribution in [3.05, 3.63) is 23.8 Å². The minimum atomic E-state index is 0.222. The van der Waals surface area contributed by atoms with E-state index < -0.39 is 0 Å². The van der Waals surface area contributed by atoms with Crippen molar-refractivity contribution in [2.24, 2.45) is 5.73 Å². The van der Waals surface area contributed by atoms with E-state index in [0.29, 0.717) is 6.54 Å². The summed E-state index contributed by atoms with van der Waals surface area (Å²) in [6.45, 7) is 3.43. The largest absolute Gasteiger partial charge is 0.486 e. The predicted octanol–water partition coefficient (Wildman–Crippen LogP) is 1.34. The normalized spacial score (nSPS) is 20.0. The number of fused-ring (bicyclic) bond motifs is 1. The van der Waals surface area contributed by atoms with Crippen LogP contribution in [0.1, 0.15) is 12.5 Å². The number of rotatable bonds is 1. The molecule has 0 bridgehead atoms. The molecule has 3 nitrogen and oxygen atoms in total. The molecule has 1 aliphatic heterocycles. The smallest absolute Gasteiger partial charge is 0.147 e. The van der Waals surface area contributed by atoms with Gasteiger partial charge in [-0.15, -0.1) is 0 Å². The van der Waals surface area contributed by atoms with Gasteiger partial charge in [0, 0.05) is 12.1 Å². The quantitative estimate of drug-likeness (QED) is 0.682. The first kappa shape index (κ1) is 8.38. The van der Waals surface area contributed by atoms with E-state index in [2.05, 4.69) is 5.32 Å². The first-order chi connectivity index (χ1) is 6.31. The Balaban J connectivity index is 2.41. The SMILES string of the molecule is CC1CNc2cccc(CN)c2O1. The van der Waals surface area contributed by atoms with Crippen molar-refractivity contribution in [3.63, 3.8) is 0 Å². The summed E-state index contributed by atoms with van der Waals surface area (Å²) in [6.07, 6.45) is 0.222. The van der Waals surface area contributed by atoms with E-state index in [1.54, 1.807) is 0 Å². The van der Waals surface area contributed by atoms with Gasteiger partial charge in [-0.3, -0.25) is 0 Å². The van der Waals surface area contributed by atoms with Crippen LogP contribution in [0, 0.1) is 0 Å². The lowest BCUT2D eigenvalue weighted by Gasteiger charge is -2.26. The number of anilines is 1. The topological polar surface area (TPSA) is 47.3 Å². The zero-order valence-electron chi connectivity index (χ0n) is 7.71. The highest BCUT2D eigenvalue weighted by atomic mass is 16.5. The van der Waals surface area contributed by atoms with Crippen molar-refractivity contribution in [1.82, 2.24) is 0 Å².